The van der Waals surface area contributed by atoms with E-state index in [1.165, 1.54) is 6.07 Å². The maximum Gasteiger partial charge on any atom is 0.286 e. The molecule has 5 nitrogen and oxygen atoms in total. The minimum atomic E-state index is -1.09. The summed E-state index contributed by atoms with van der Waals surface area (Å²) in [6, 6.07) is 2.27. The van der Waals surface area contributed by atoms with E-state index in [0.29, 0.717) is 5.56 Å². The van der Waals surface area contributed by atoms with Crippen LogP contribution in [0.3, 0.4) is 0 Å². The molecule has 0 aliphatic heterocycles. The molecular weight excluding hydrogens is 338 g/mol. The molecule has 22 heavy (non-hydrogen) atoms. The van der Waals surface area contributed by atoms with Crippen molar-refractivity contribution in [3.05, 3.63) is 49.3 Å². The van der Waals surface area contributed by atoms with Crippen LogP contribution < -0.4 is 10.9 Å². The number of halogens is 3. The van der Waals surface area contributed by atoms with Crippen molar-refractivity contribution in [3.63, 3.8) is 0 Å². The summed E-state index contributed by atoms with van der Waals surface area (Å²) in [5, 5.41) is 11.4. The lowest BCUT2D eigenvalue weighted by Crippen LogP contribution is -2.24. The zero-order chi connectivity index (χ0) is 16.3. The molecule has 2 N–H and O–H groups in total. The first-order valence-corrected chi connectivity index (χ1v) is 7.32. The maximum absolute atomic E-state index is 13.5. The summed E-state index contributed by atoms with van der Waals surface area (Å²) in [5.74, 6) is -1.66. The number of nitrogens with zero attached hydrogens (tertiary/aromatic N) is 1. The maximum atomic E-state index is 13.5. The van der Waals surface area contributed by atoms with Crippen LogP contribution in [0, 0.1) is 5.82 Å². The minimum absolute atomic E-state index is 0.0191. The van der Waals surface area contributed by atoms with Crippen molar-refractivity contribution in [2.45, 2.75) is 13.2 Å². The van der Waals surface area contributed by atoms with Gasteiger partial charge in [0.2, 0.25) is 0 Å². The van der Waals surface area contributed by atoms with Crippen molar-refractivity contribution in [3.8, 4) is 0 Å². The van der Waals surface area contributed by atoms with Gasteiger partial charge in [-0.15, -0.1) is 11.3 Å². The number of nitrogens with one attached hydrogen (secondary N) is 1. The van der Waals surface area contributed by atoms with Crippen LogP contribution in [0.1, 0.15) is 15.2 Å². The van der Waals surface area contributed by atoms with Gasteiger partial charge in [-0.2, -0.15) is 0 Å². The van der Waals surface area contributed by atoms with Crippen molar-refractivity contribution in [1.82, 2.24) is 4.57 Å². The molecule has 0 saturated carbocycles. The summed E-state index contributed by atoms with van der Waals surface area (Å²) in [6.45, 7) is -1.45. The molecule has 0 radical (unpaired) electrons. The number of carbonyl (C=O) groups excluding carboxylic acids is 1. The Bertz CT molecular complexity index is 760. The molecule has 0 spiro atoms. The Balaban J connectivity index is 2.26. The Kier molecular flexibility index (Phi) is 5.28. The topological polar surface area (TPSA) is 71.3 Å². The van der Waals surface area contributed by atoms with Gasteiger partial charge < -0.3 is 15.0 Å². The molecule has 1 amide bonds. The van der Waals surface area contributed by atoms with E-state index in [-0.39, 0.29) is 28.1 Å². The highest BCUT2D eigenvalue weighted by Crippen LogP contribution is 2.28. The Morgan fingerprint density at radius 3 is 2.77 bits per heavy atom. The molecule has 0 fully saturated rings. The number of amides is 1. The molecule has 2 rings (SSSR count). The van der Waals surface area contributed by atoms with Gasteiger partial charge in [0.05, 0.1) is 28.1 Å². The quantitative estimate of drug-likeness (QED) is 0.871. The Morgan fingerprint density at radius 1 is 1.45 bits per heavy atom. The zero-order valence-electron chi connectivity index (χ0n) is 11.1. The first-order valence-electron chi connectivity index (χ1n) is 6.12. The van der Waals surface area contributed by atoms with Crippen molar-refractivity contribution >= 4 is 34.5 Å². The van der Waals surface area contributed by atoms with E-state index in [2.05, 4.69) is 5.32 Å². The molecule has 0 bridgehead atoms. The number of aliphatic hydroxyl groups excluding tert-OH is 1. The molecule has 9 heteroatoms. The lowest BCUT2D eigenvalue weighted by molar-refractivity contribution is 0.103. The predicted octanol–water partition coefficient (Wildman–Crippen LogP) is 2.42. The van der Waals surface area contributed by atoms with E-state index in [1.54, 1.807) is 0 Å². The SMILES string of the molecule is O=C(Nc1cc(F)c(=O)n(CCF)c1)c1cc(CO)c(Cl)s1. The summed E-state index contributed by atoms with van der Waals surface area (Å²) in [6.07, 6.45) is 1.16. The fourth-order valence-electron chi connectivity index (χ4n) is 1.74. The summed E-state index contributed by atoms with van der Waals surface area (Å²) in [4.78, 5) is 23.7. The molecule has 0 saturated heterocycles. The van der Waals surface area contributed by atoms with Crippen LogP contribution in [0.4, 0.5) is 14.5 Å². The number of hydrogen-bond acceptors (Lipinski definition) is 4. The van der Waals surface area contributed by atoms with Crippen LogP contribution in [0.5, 0.6) is 0 Å². The second kappa shape index (κ2) is 6.99. The number of pyridine rings is 1. The van der Waals surface area contributed by atoms with Gasteiger partial charge in [0, 0.05) is 17.8 Å². The Hall–Kier alpha value is -1.77. The van der Waals surface area contributed by atoms with E-state index in [4.69, 9.17) is 16.7 Å². The molecule has 0 aliphatic carbocycles. The van der Waals surface area contributed by atoms with Gasteiger partial charge in [-0.1, -0.05) is 11.6 Å². The fraction of sp³-hybridized carbons (Fsp3) is 0.231. The van der Waals surface area contributed by atoms with Crippen LogP contribution in [0.2, 0.25) is 4.34 Å². The van der Waals surface area contributed by atoms with E-state index in [0.717, 1.165) is 28.2 Å². The smallest absolute Gasteiger partial charge is 0.286 e. The number of rotatable bonds is 5. The monoisotopic (exact) mass is 348 g/mol. The van der Waals surface area contributed by atoms with E-state index in [9.17, 15) is 18.4 Å². The van der Waals surface area contributed by atoms with Gasteiger partial charge in [0.25, 0.3) is 11.5 Å². The minimum Gasteiger partial charge on any atom is -0.392 e. The third-order valence-corrected chi connectivity index (χ3v) is 4.22. The van der Waals surface area contributed by atoms with Crippen molar-refractivity contribution in [1.29, 1.82) is 0 Å². The highest BCUT2D eigenvalue weighted by molar-refractivity contribution is 7.18. The normalized spacial score (nSPS) is 10.7. The Morgan fingerprint density at radius 2 is 2.18 bits per heavy atom. The van der Waals surface area contributed by atoms with Gasteiger partial charge in [0.1, 0.15) is 6.67 Å². The van der Waals surface area contributed by atoms with Crippen LogP contribution >= 0.6 is 22.9 Å². The van der Waals surface area contributed by atoms with Gasteiger partial charge >= 0.3 is 0 Å². The fourth-order valence-corrected chi connectivity index (χ4v) is 2.90. The summed E-state index contributed by atoms with van der Waals surface area (Å²) in [7, 11) is 0. The molecule has 2 heterocycles. The number of aryl methyl sites for hydroxylation is 1. The highest BCUT2D eigenvalue weighted by atomic mass is 35.5. The molecule has 0 aromatic carbocycles. The Labute approximate surface area is 132 Å². The molecular formula is C13H11ClF2N2O3S. The molecule has 2 aromatic heterocycles. The summed E-state index contributed by atoms with van der Waals surface area (Å²) < 4.78 is 26.9. The van der Waals surface area contributed by atoms with Crippen LogP contribution in [0.15, 0.2) is 23.1 Å². The molecule has 0 atom stereocenters. The summed E-state index contributed by atoms with van der Waals surface area (Å²) >= 11 is 6.80. The van der Waals surface area contributed by atoms with E-state index >= 15 is 0 Å². The second-order valence-corrected chi connectivity index (χ2v) is 5.94. The number of carbonyl (C=O) groups is 1. The number of anilines is 1. The third-order valence-electron chi connectivity index (χ3n) is 2.78. The predicted molar refractivity (Wildman–Crippen MR) is 79.8 cm³/mol. The van der Waals surface area contributed by atoms with Crippen molar-refractivity contribution in [2.24, 2.45) is 0 Å². The molecule has 0 unspecified atom stereocenters. The third kappa shape index (κ3) is 3.52. The number of aromatic nitrogens is 1. The van der Waals surface area contributed by atoms with Crippen molar-refractivity contribution in [2.75, 3.05) is 12.0 Å². The number of alkyl halides is 1. The van der Waals surface area contributed by atoms with Gasteiger partial charge in [0.15, 0.2) is 5.82 Å². The van der Waals surface area contributed by atoms with Gasteiger partial charge in [-0.05, 0) is 6.07 Å². The van der Waals surface area contributed by atoms with Gasteiger partial charge in [-0.25, -0.2) is 8.78 Å². The zero-order valence-corrected chi connectivity index (χ0v) is 12.7. The average Bonchev–Trinajstić information content (AvgIpc) is 2.85. The van der Waals surface area contributed by atoms with Crippen LogP contribution in [-0.4, -0.2) is 22.3 Å². The molecule has 118 valence electrons. The summed E-state index contributed by atoms with van der Waals surface area (Å²) in [5.41, 5.74) is -0.534. The van der Waals surface area contributed by atoms with Gasteiger partial charge in [-0.3, -0.25) is 9.59 Å². The number of aliphatic hydroxyl groups is 1. The van der Waals surface area contributed by atoms with Crippen LogP contribution in [0.25, 0.3) is 0 Å². The molecule has 2 aromatic rings. The first kappa shape index (κ1) is 16.6. The highest BCUT2D eigenvalue weighted by Gasteiger charge is 2.15. The lowest BCUT2D eigenvalue weighted by atomic mass is 10.3. The first-order chi connectivity index (χ1) is 10.5. The molecule has 0 aliphatic rings. The van der Waals surface area contributed by atoms with E-state index in [1.807, 2.05) is 0 Å². The number of thiophene rings is 1. The van der Waals surface area contributed by atoms with E-state index < -0.39 is 24.0 Å². The van der Waals surface area contributed by atoms with Crippen LogP contribution in [-0.2, 0) is 13.2 Å². The largest absolute Gasteiger partial charge is 0.392 e. The van der Waals surface area contributed by atoms with Crippen molar-refractivity contribution < 1.29 is 18.7 Å². The number of hydrogen-bond donors (Lipinski definition) is 2. The lowest BCUT2D eigenvalue weighted by Gasteiger charge is -2.08. The average molecular weight is 349 g/mol. The second-order valence-electron chi connectivity index (χ2n) is 4.29. The standard InChI is InChI=1S/C13H11ClF2N2O3S/c14-11-7(6-19)3-10(22-11)12(20)17-8-4-9(16)13(21)18(5-8)2-1-15/h3-5,19H,1-2,6H2,(H,17,20).